The maximum absolute atomic E-state index is 9.64. The molecule has 0 radical (unpaired) electrons. The van der Waals surface area contributed by atoms with Gasteiger partial charge in [-0.25, -0.2) is 0 Å². The van der Waals surface area contributed by atoms with Crippen LogP contribution in [0.1, 0.15) is 36.1 Å². The molecule has 6 nitrogen and oxygen atoms in total. The quantitative estimate of drug-likeness (QED) is 0.201. The average Bonchev–Trinajstić information content (AvgIpc) is 3.58. The molecule has 2 aromatic heterocycles. The van der Waals surface area contributed by atoms with Gasteiger partial charge in [-0.05, 0) is 112 Å². The second kappa shape index (κ2) is 13.8. The summed E-state index contributed by atoms with van der Waals surface area (Å²) >= 11 is 3.51. The van der Waals surface area contributed by atoms with Gasteiger partial charge < -0.3 is 9.47 Å². The highest BCUT2D eigenvalue weighted by atomic mass is 32.1. The number of rotatable bonds is 9. The standard InChI is InChI=1S/C18H25N3OS.C13H13NOS/c1-7-13-14-8-9-23-17(14)12(2)10-15(13)22-16(11-19)18(20(3)4)21(5)6;1-3-10-11-4-7-16-13(11)9(2)8-12(10)15-6-5-14/h8-10,16,18H,7H2,1-6H3;4,7-8H,3,6H2,1-2H3. The van der Waals surface area contributed by atoms with Gasteiger partial charge in [0.1, 0.15) is 29.8 Å². The Balaban J connectivity index is 0.000000230. The van der Waals surface area contributed by atoms with Gasteiger partial charge in [-0.15, -0.1) is 22.7 Å². The van der Waals surface area contributed by atoms with E-state index in [1.165, 1.54) is 42.4 Å². The highest BCUT2D eigenvalue weighted by molar-refractivity contribution is 7.17. The first-order valence-electron chi connectivity index (χ1n) is 13.1. The molecule has 0 N–H and O–H groups in total. The monoisotopic (exact) mass is 562 g/mol. The second-order valence-corrected chi connectivity index (χ2v) is 11.7. The average molecular weight is 563 g/mol. The highest BCUT2D eigenvalue weighted by Gasteiger charge is 2.28. The van der Waals surface area contributed by atoms with E-state index < -0.39 is 6.10 Å². The minimum Gasteiger partial charge on any atom is -0.478 e. The van der Waals surface area contributed by atoms with Crippen molar-refractivity contribution in [3.05, 3.63) is 57.3 Å². The zero-order valence-corrected chi connectivity index (χ0v) is 25.8. The fraction of sp³-hybridized carbons (Fsp3) is 0.419. The third-order valence-corrected chi connectivity index (χ3v) is 8.80. The van der Waals surface area contributed by atoms with E-state index in [2.05, 4.69) is 62.7 Å². The summed E-state index contributed by atoms with van der Waals surface area (Å²) in [5.41, 5.74) is 4.81. The van der Waals surface area contributed by atoms with Gasteiger partial charge in [-0.2, -0.15) is 10.5 Å². The van der Waals surface area contributed by atoms with Crippen molar-refractivity contribution in [3.63, 3.8) is 0 Å². The third-order valence-electron chi connectivity index (χ3n) is 6.70. The smallest absolute Gasteiger partial charge is 0.212 e. The van der Waals surface area contributed by atoms with Gasteiger partial charge in [0, 0.05) is 20.5 Å². The molecule has 0 fully saturated rings. The highest BCUT2D eigenvalue weighted by Crippen LogP contribution is 2.36. The molecule has 0 saturated heterocycles. The Kier molecular flexibility index (Phi) is 10.7. The molecule has 0 bridgehead atoms. The van der Waals surface area contributed by atoms with Gasteiger partial charge in [-0.1, -0.05) is 13.8 Å². The van der Waals surface area contributed by atoms with Crippen molar-refractivity contribution >= 4 is 42.8 Å². The fourth-order valence-electron chi connectivity index (χ4n) is 5.04. The van der Waals surface area contributed by atoms with Crippen LogP contribution in [0.25, 0.3) is 20.2 Å². The lowest BCUT2D eigenvalue weighted by Crippen LogP contribution is -2.50. The normalized spacial score (nSPS) is 11.9. The lowest BCUT2D eigenvalue weighted by Gasteiger charge is -2.34. The molecule has 0 aliphatic heterocycles. The van der Waals surface area contributed by atoms with Crippen molar-refractivity contribution in [1.29, 1.82) is 10.5 Å². The Bertz CT molecular complexity index is 1480. The zero-order valence-electron chi connectivity index (χ0n) is 24.2. The summed E-state index contributed by atoms with van der Waals surface area (Å²) < 4.78 is 14.3. The van der Waals surface area contributed by atoms with E-state index in [9.17, 15) is 5.26 Å². The Hall–Kier alpha value is -3.14. The number of hydrogen-bond donors (Lipinski definition) is 0. The molecule has 2 aromatic carbocycles. The van der Waals surface area contributed by atoms with Crippen LogP contribution < -0.4 is 9.47 Å². The molecular formula is C31H38N4O2S2. The molecule has 0 aliphatic carbocycles. The van der Waals surface area contributed by atoms with Gasteiger partial charge in [0.05, 0.1) is 0 Å². The van der Waals surface area contributed by atoms with Crippen LogP contribution in [0, 0.1) is 36.5 Å². The molecule has 1 atom stereocenters. The lowest BCUT2D eigenvalue weighted by atomic mass is 10.0. The molecule has 4 aromatic rings. The van der Waals surface area contributed by atoms with E-state index in [0.29, 0.717) is 0 Å². The predicted molar refractivity (Wildman–Crippen MR) is 164 cm³/mol. The van der Waals surface area contributed by atoms with Gasteiger partial charge >= 0.3 is 0 Å². The van der Waals surface area contributed by atoms with Gasteiger partial charge in [0.2, 0.25) is 6.10 Å². The Morgan fingerprint density at radius 3 is 1.74 bits per heavy atom. The number of hydrogen-bond acceptors (Lipinski definition) is 8. The van der Waals surface area contributed by atoms with Crippen LogP contribution >= 0.6 is 22.7 Å². The summed E-state index contributed by atoms with van der Waals surface area (Å²) in [5, 5.41) is 24.9. The molecule has 0 saturated carbocycles. The van der Waals surface area contributed by atoms with Crippen LogP contribution in [-0.4, -0.2) is 56.9 Å². The Morgan fingerprint density at radius 1 is 0.821 bits per heavy atom. The number of ether oxygens (including phenoxy) is 2. The third kappa shape index (κ3) is 6.72. The molecule has 8 heteroatoms. The molecule has 4 rings (SSSR count). The summed E-state index contributed by atoms with van der Waals surface area (Å²) in [5.74, 6) is 1.68. The van der Waals surface area contributed by atoms with Crippen LogP contribution in [0.2, 0.25) is 0 Å². The SMILES string of the molecule is CCc1c(OC(C#N)C(N(C)C)N(C)C)cc(C)c2sccc12.CCc1c(OCC#N)cc(C)c2sccc12. The Labute approximate surface area is 240 Å². The molecule has 0 spiro atoms. The molecule has 39 heavy (non-hydrogen) atoms. The fourth-order valence-corrected chi connectivity index (χ4v) is 6.84. The minimum absolute atomic E-state index is 0.108. The van der Waals surface area contributed by atoms with Crippen LogP contribution in [0.5, 0.6) is 11.5 Å². The number of nitrogens with zero attached hydrogens (tertiary/aromatic N) is 4. The van der Waals surface area contributed by atoms with Crippen LogP contribution in [0.15, 0.2) is 35.0 Å². The molecule has 2 heterocycles. The van der Waals surface area contributed by atoms with E-state index in [1.807, 2.05) is 50.1 Å². The summed E-state index contributed by atoms with van der Waals surface area (Å²) in [6, 6.07) is 12.7. The number of fused-ring (bicyclic) bond motifs is 2. The van der Waals surface area contributed by atoms with Crippen LogP contribution in [0.4, 0.5) is 0 Å². The molecule has 0 amide bonds. The van der Waals surface area contributed by atoms with Crippen molar-refractivity contribution in [1.82, 2.24) is 9.80 Å². The van der Waals surface area contributed by atoms with Crippen molar-refractivity contribution in [2.45, 2.75) is 52.8 Å². The number of aryl methyl sites for hydroxylation is 4. The van der Waals surface area contributed by atoms with Gasteiger partial charge in [0.25, 0.3) is 0 Å². The largest absolute Gasteiger partial charge is 0.478 e. The summed E-state index contributed by atoms with van der Waals surface area (Å²) in [7, 11) is 7.86. The summed E-state index contributed by atoms with van der Waals surface area (Å²) in [6.07, 6.45) is 1.15. The maximum atomic E-state index is 9.64. The van der Waals surface area contributed by atoms with Crippen LogP contribution in [-0.2, 0) is 12.8 Å². The van der Waals surface area contributed by atoms with E-state index in [-0.39, 0.29) is 12.8 Å². The maximum Gasteiger partial charge on any atom is 0.212 e. The van der Waals surface area contributed by atoms with E-state index in [1.54, 1.807) is 22.7 Å². The molecule has 206 valence electrons. The first kappa shape index (κ1) is 30.4. The van der Waals surface area contributed by atoms with Crippen molar-refractivity contribution < 1.29 is 9.47 Å². The number of benzene rings is 2. The van der Waals surface area contributed by atoms with Crippen molar-refractivity contribution in [3.8, 4) is 23.6 Å². The Morgan fingerprint density at radius 2 is 1.31 bits per heavy atom. The van der Waals surface area contributed by atoms with Crippen molar-refractivity contribution in [2.24, 2.45) is 0 Å². The second-order valence-electron chi connectivity index (χ2n) is 9.83. The van der Waals surface area contributed by atoms with E-state index >= 15 is 0 Å². The van der Waals surface area contributed by atoms with Gasteiger partial charge in [-0.3, -0.25) is 9.80 Å². The number of thiophene rings is 2. The topological polar surface area (TPSA) is 72.5 Å². The van der Waals surface area contributed by atoms with Crippen LogP contribution in [0.3, 0.4) is 0 Å². The number of nitriles is 2. The summed E-state index contributed by atoms with van der Waals surface area (Å²) in [6.45, 7) is 8.54. The predicted octanol–water partition coefficient (Wildman–Crippen LogP) is 7.17. The number of likely N-dealkylation sites (N-methyl/N-ethyl adjacent to an activating group) is 2. The zero-order chi connectivity index (χ0) is 28.7. The van der Waals surface area contributed by atoms with Gasteiger partial charge in [0.15, 0.2) is 6.61 Å². The molecular weight excluding hydrogens is 525 g/mol. The lowest BCUT2D eigenvalue weighted by molar-refractivity contribution is 0.0404. The first-order chi connectivity index (χ1) is 18.7. The minimum atomic E-state index is -0.555. The first-order valence-corrected chi connectivity index (χ1v) is 14.8. The molecule has 0 aliphatic rings. The summed E-state index contributed by atoms with van der Waals surface area (Å²) in [4.78, 5) is 4.02. The van der Waals surface area contributed by atoms with Crippen molar-refractivity contribution in [2.75, 3.05) is 34.8 Å². The molecule has 1 unspecified atom stereocenters. The van der Waals surface area contributed by atoms with E-state index in [0.717, 1.165) is 24.3 Å². The van der Waals surface area contributed by atoms with E-state index in [4.69, 9.17) is 14.7 Å².